The number of ether oxygens (including phenoxy) is 1. The summed E-state index contributed by atoms with van der Waals surface area (Å²) in [6, 6.07) is 7.92. The number of anilines is 1. The number of carbonyl (C=O) groups is 1. The van der Waals surface area contributed by atoms with Gasteiger partial charge in [-0.2, -0.15) is 0 Å². The number of aromatic nitrogens is 2. The van der Waals surface area contributed by atoms with Crippen molar-refractivity contribution in [2.24, 2.45) is 0 Å². The third-order valence-corrected chi connectivity index (χ3v) is 6.59. The van der Waals surface area contributed by atoms with Gasteiger partial charge >= 0.3 is 5.97 Å². The molecule has 3 aromatic rings. The molecule has 3 rings (SSSR count). The van der Waals surface area contributed by atoms with Crippen LogP contribution in [-0.4, -0.2) is 35.7 Å². The van der Waals surface area contributed by atoms with Crippen molar-refractivity contribution < 1.29 is 26.7 Å². The predicted octanol–water partition coefficient (Wildman–Crippen LogP) is 3.09. The highest BCUT2D eigenvalue weighted by molar-refractivity contribution is 7.90. The molecule has 0 aliphatic heterocycles. The molecule has 158 valence electrons. The van der Waals surface area contributed by atoms with E-state index in [1.54, 1.807) is 0 Å². The van der Waals surface area contributed by atoms with Crippen LogP contribution in [0, 0.1) is 11.6 Å². The Labute approximate surface area is 171 Å². The lowest BCUT2D eigenvalue weighted by Gasteiger charge is -2.13. The molecule has 0 saturated carbocycles. The lowest BCUT2D eigenvalue weighted by Crippen LogP contribution is -2.23. The van der Waals surface area contributed by atoms with Crippen molar-refractivity contribution in [3.8, 4) is 0 Å². The van der Waals surface area contributed by atoms with Gasteiger partial charge in [0.05, 0.1) is 23.4 Å². The van der Waals surface area contributed by atoms with E-state index in [4.69, 9.17) is 5.73 Å². The molecule has 1 heterocycles. The molecule has 0 aliphatic rings. The third-order valence-electron chi connectivity index (χ3n) is 4.50. The highest BCUT2D eigenvalue weighted by Crippen LogP contribution is 2.31. The minimum absolute atomic E-state index is 0.00835. The highest BCUT2D eigenvalue weighted by atomic mass is 32.2. The van der Waals surface area contributed by atoms with E-state index in [-0.39, 0.29) is 33.7 Å². The van der Waals surface area contributed by atoms with Crippen molar-refractivity contribution in [2.45, 2.75) is 19.1 Å². The lowest BCUT2D eigenvalue weighted by molar-refractivity contribution is -0.134. The number of halogens is 2. The van der Waals surface area contributed by atoms with E-state index >= 15 is 0 Å². The Hall–Kier alpha value is -3.27. The summed E-state index contributed by atoms with van der Waals surface area (Å²) in [4.78, 5) is 16.0. The summed E-state index contributed by atoms with van der Waals surface area (Å²) in [5, 5.41) is -0.786. The number of imidazole rings is 1. The maximum Gasteiger partial charge on any atom is 0.331 e. The Balaban J connectivity index is 2.33. The first kappa shape index (κ1) is 21.4. The van der Waals surface area contributed by atoms with E-state index in [2.05, 4.69) is 9.72 Å². The SMILES string of the molecule is COC(=O)/C=C(/c1ccc2nc(N)n(S(=O)(=O)C(C)C)c2c1)c1cccc(F)c1F. The summed E-state index contributed by atoms with van der Waals surface area (Å²) in [5.74, 6) is -3.28. The number of nitrogens with zero attached hydrogens (tertiary/aromatic N) is 2. The van der Waals surface area contributed by atoms with Crippen LogP contribution in [0.25, 0.3) is 16.6 Å². The molecule has 0 fully saturated rings. The van der Waals surface area contributed by atoms with Crippen molar-refractivity contribution in [1.29, 1.82) is 0 Å². The van der Waals surface area contributed by atoms with Crippen LogP contribution in [0.4, 0.5) is 14.7 Å². The average molecular weight is 435 g/mol. The van der Waals surface area contributed by atoms with Crippen LogP contribution in [0.15, 0.2) is 42.5 Å². The number of esters is 1. The first-order valence-corrected chi connectivity index (χ1v) is 10.3. The summed E-state index contributed by atoms with van der Waals surface area (Å²) in [7, 11) is -2.71. The van der Waals surface area contributed by atoms with Crippen LogP contribution < -0.4 is 5.73 Å². The van der Waals surface area contributed by atoms with E-state index in [9.17, 15) is 22.0 Å². The molecular formula is C20H19F2N3O4S. The van der Waals surface area contributed by atoms with Gasteiger partial charge in [0.25, 0.3) is 0 Å². The molecule has 0 spiro atoms. The van der Waals surface area contributed by atoms with Crippen LogP contribution in [0.5, 0.6) is 0 Å². The Bertz CT molecular complexity index is 1280. The number of methoxy groups -OCH3 is 1. The van der Waals surface area contributed by atoms with E-state index in [0.717, 1.165) is 23.2 Å². The topological polar surface area (TPSA) is 104 Å². The van der Waals surface area contributed by atoms with Crippen LogP contribution >= 0.6 is 0 Å². The van der Waals surface area contributed by atoms with Gasteiger partial charge in [-0.1, -0.05) is 18.2 Å². The van der Waals surface area contributed by atoms with Gasteiger partial charge in [-0.15, -0.1) is 0 Å². The van der Waals surface area contributed by atoms with Gasteiger partial charge in [0, 0.05) is 11.6 Å². The number of nitrogen functional groups attached to an aromatic ring is 1. The fourth-order valence-corrected chi connectivity index (χ4v) is 4.07. The molecule has 0 radical (unpaired) electrons. The second-order valence-corrected chi connectivity index (χ2v) is 9.05. The number of hydrogen-bond donors (Lipinski definition) is 1. The smallest absolute Gasteiger partial charge is 0.331 e. The van der Waals surface area contributed by atoms with Gasteiger partial charge in [-0.3, -0.25) is 0 Å². The minimum atomic E-state index is -3.86. The zero-order valence-corrected chi connectivity index (χ0v) is 17.2. The van der Waals surface area contributed by atoms with Gasteiger partial charge in [0.2, 0.25) is 16.0 Å². The summed E-state index contributed by atoms with van der Waals surface area (Å²) >= 11 is 0. The lowest BCUT2D eigenvalue weighted by atomic mass is 9.96. The van der Waals surface area contributed by atoms with Gasteiger partial charge < -0.3 is 10.5 Å². The number of fused-ring (bicyclic) bond motifs is 1. The van der Waals surface area contributed by atoms with E-state index in [0.29, 0.717) is 0 Å². The minimum Gasteiger partial charge on any atom is -0.466 e. The summed E-state index contributed by atoms with van der Waals surface area (Å²) in [6.07, 6.45) is 1.00. The van der Waals surface area contributed by atoms with E-state index < -0.39 is 32.9 Å². The fourth-order valence-electron chi connectivity index (χ4n) is 2.92. The summed E-state index contributed by atoms with van der Waals surface area (Å²) in [5.41, 5.74) is 6.34. The van der Waals surface area contributed by atoms with Crippen molar-refractivity contribution in [1.82, 2.24) is 8.96 Å². The Kier molecular flexibility index (Phi) is 5.62. The molecule has 7 nitrogen and oxygen atoms in total. The molecule has 0 atom stereocenters. The molecule has 2 N–H and O–H groups in total. The average Bonchev–Trinajstić information content (AvgIpc) is 3.03. The highest BCUT2D eigenvalue weighted by Gasteiger charge is 2.25. The maximum absolute atomic E-state index is 14.5. The van der Waals surface area contributed by atoms with Crippen LogP contribution in [0.3, 0.4) is 0 Å². The van der Waals surface area contributed by atoms with E-state index in [1.807, 2.05) is 0 Å². The molecule has 0 amide bonds. The molecular weight excluding hydrogens is 416 g/mol. The fraction of sp³-hybridized carbons (Fsp3) is 0.200. The molecule has 1 aromatic heterocycles. The predicted molar refractivity (Wildman–Crippen MR) is 109 cm³/mol. The Morgan fingerprint density at radius 1 is 1.23 bits per heavy atom. The van der Waals surface area contributed by atoms with Crippen molar-refractivity contribution in [3.05, 3.63) is 65.2 Å². The number of benzene rings is 2. The first-order chi connectivity index (χ1) is 14.1. The number of rotatable bonds is 5. The molecule has 0 bridgehead atoms. The maximum atomic E-state index is 14.5. The Morgan fingerprint density at radius 2 is 1.93 bits per heavy atom. The molecule has 0 unspecified atom stereocenters. The van der Waals surface area contributed by atoms with Crippen molar-refractivity contribution in [2.75, 3.05) is 12.8 Å². The van der Waals surface area contributed by atoms with Crippen LogP contribution in [0.2, 0.25) is 0 Å². The molecule has 0 aliphatic carbocycles. The zero-order chi connectivity index (χ0) is 22.2. The standard InChI is InChI=1S/C20H19F2N3O4S/c1-11(2)30(27,28)25-17-9-12(7-8-16(17)24-20(25)23)14(10-18(26)29-3)13-5-4-6-15(21)19(13)22/h4-11H,1-3H3,(H2,23,24)/b14-10-. The van der Waals surface area contributed by atoms with Crippen LogP contribution in [0.1, 0.15) is 25.0 Å². The zero-order valence-electron chi connectivity index (χ0n) is 16.4. The second kappa shape index (κ2) is 7.86. The summed E-state index contributed by atoms with van der Waals surface area (Å²) < 4.78 is 59.3. The van der Waals surface area contributed by atoms with Crippen LogP contribution in [-0.2, 0) is 19.6 Å². The van der Waals surface area contributed by atoms with Crippen molar-refractivity contribution in [3.63, 3.8) is 0 Å². The summed E-state index contributed by atoms with van der Waals surface area (Å²) in [6.45, 7) is 2.99. The monoisotopic (exact) mass is 435 g/mol. The normalized spacial score (nSPS) is 12.5. The molecule has 0 saturated heterocycles. The Morgan fingerprint density at radius 3 is 2.57 bits per heavy atom. The molecule has 30 heavy (non-hydrogen) atoms. The van der Waals surface area contributed by atoms with E-state index in [1.165, 1.54) is 44.2 Å². The van der Waals surface area contributed by atoms with Gasteiger partial charge in [0.15, 0.2) is 11.6 Å². The number of carbonyl (C=O) groups excluding carboxylic acids is 1. The van der Waals surface area contributed by atoms with Gasteiger partial charge in [-0.05, 0) is 43.2 Å². The third kappa shape index (κ3) is 3.65. The first-order valence-electron chi connectivity index (χ1n) is 8.84. The number of hydrogen-bond acceptors (Lipinski definition) is 6. The number of nitrogens with two attached hydrogens (primary N) is 1. The second-order valence-electron chi connectivity index (χ2n) is 6.71. The van der Waals surface area contributed by atoms with Crippen molar-refractivity contribution >= 4 is 38.5 Å². The van der Waals surface area contributed by atoms with Gasteiger partial charge in [0.1, 0.15) is 0 Å². The van der Waals surface area contributed by atoms with Gasteiger partial charge in [-0.25, -0.2) is 30.9 Å². The largest absolute Gasteiger partial charge is 0.466 e. The molecule has 2 aromatic carbocycles. The quantitative estimate of drug-likeness (QED) is 0.488. The molecule has 10 heteroatoms.